The summed E-state index contributed by atoms with van der Waals surface area (Å²) >= 11 is 3.26. The molecule has 0 amide bonds. The van der Waals surface area contributed by atoms with Crippen molar-refractivity contribution in [3.05, 3.63) is 68.9 Å². The first-order valence-corrected chi connectivity index (χ1v) is 8.05. The molecule has 112 valence electrons. The minimum absolute atomic E-state index is 0.217. The summed E-state index contributed by atoms with van der Waals surface area (Å²) < 4.78 is 13.9. The highest BCUT2D eigenvalue weighted by molar-refractivity contribution is 9.10. The first-order valence-electron chi connectivity index (χ1n) is 7.26. The lowest BCUT2D eigenvalue weighted by atomic mass is 9.91. The van der Waals surface area contributed by atoms with Crippen LogP contribution in [0.25, 0.3) is 0 Å². The maximum Gasteiger partial charge on any atom is 0.137 e. The third-order valence-corrected chi connectivity index (χ3v) is 4.37. The van der Waals surface area contributed by atoms with Crippen LogP contribution in [0, 0.1) is 19.7 Å². The maximum absolute atomic E-state index is 13.4. The minimum atomic E-state index is -0.217. The summed E-state index contributed by atoms with van der Waals surface area (Å²) in [4.78, 5) is 0. The van der Waals surface area contributed by atoms with Gasteiger partial charge in [-0.1, -0.05) is 31.2 Å². The molecule has 1 atom stereocenters. The Balaban J connectivity index is 2.33. The van der Waals surface area contributed by atoms with Crippen molar-refractivity contribution in [2.45, 2.75) is 33.2 Å². The molecule has 0 aliphatic carbocycles. The molecule has 21 heavy (non-hydrogen) atoms. The van der Waals surface area contributed by atoms with Crippen LogP contribution in [0.15, 0.2) is 40.9 Å². The van der Waals surface area contributed by atoms with Crippen LogP contribution >= 0.6 is 15.9 Å². The average molecular weight is 350 g/mol. The standard InChI is InChI=1S/C18H21BrFN/c1-4-21-17(18-12(2)6-5-7-13(18)3)11-14-8-9-16(20)15(19)10-14/h5-10,17,21H,4,11H2,1-3H3. The molecule has 1 N–H and O–H groups in total. The normalized spacial score (nSPS) is 12.4. The fraction of sp³-hybridized carbons (Fsp3) is 0.333. The molecular formula is C18H21BrFN. The van der Waals surface area contributed by atoms with Gasteiger partial charge in [-0.05, 0) is 77.1 Å². The van der Waals surface area contributed by atoms with Gasteiger partial charge in [-0.3, -0.25) is 0 Å². The lowest BCUT2D eigenvalue weighted by molar-refractivity contribution is 0.543. The van der Waals surface area contributed by atoms with Gasteiger partial charge in [-0.15, -0.1) is 0 Å². The number of likely N-dealkylation sites (N-methyl/N-ethyl adjacent to an activating group) is 1. The molecule has 0 aliphatic heterocycles. The van der Waals surface area contributed by atoms with Crippen LogP contribution in [-0.4, -0.2) is 6.54 Å². The Bertz CT molecular complexity index is 604. The summed E-state index contributed by atoms with van der Waals surface area (Å²) in [5.41, 5.74) is 5.06. The third-order valence-electron chi connectivity index (χ3n) is 3.76. The van der Waals surface area contributed by atoms with E-state index < -0.39 is 0 Å². The molecule has 0 saturated carbocycles. The van der Waals surface area contributed by atoms with E-state index in [1.807, 2.05) is 12.1 Å². The number of aryl methyl sites for hydroxylation is 2. The first kappa shape index (κ1) is 16.2. The zero-order valence-electron chi connectivity index (χ0n) is 12.7. The van der Waals surface area contributed by atoms with E-state index in [1.165, 1.54) is 22.8 Å². The van der Waals surface area contributed by atoms with Gasteiger partial charge in [0, 0.05) is 6.04 Å². The maximum atomic E-state index is 13.4. The zero-order valence-corrected chi connectivity index (χ0v) is 14.3. The fourth-order valence-corrected chi connectivity index (χ4v) is 3.23. The largest absolute Gasteiger partial charge is 0.310 e. The van der Waals surface area contributed by atoms with Gasteiger partial charge in [0.1, 0.15) is 5.82 Å². The summed E-state index contributed by atoms with van der Waals surface area (Å²) in [6, 6.07) is 11.9. The molecule has 3 heteroatoms. The predicted molar refractivity (Wildman–Crippen MR) is 90.1 cm³/mol. The van der Waals surface area contributed by atoms with Gasteiger partial charge in [-0.2, -0.15) is 0 Å². The van der Waals surface area contributed by atoms with E-state index in [-0.39, 0.29) is 11.9 Å². The van der Waals surface area contributed by atoms with Crippen LogP contribution in [0.2, 0.25) is 0 Å². The summed E-state index contributed by atoms with van der Waals surface area (Å²) in [5, 5.41) is 3.55. The van der Waals surface area contributed by atoms with E-state index in [1.54, 1.807) is 0 Å². The van der Waals surface area contributed by atoms with Crippen LogP contribution in [0.1, 0.15) is 35.2 Å². The van der Waals surface area contributed by atoms with Crippen LogP contribution in [0.3, 0.4) is 0 Å². The first-order chi connectivity index (χ1) is 10.0. The minimum Gasteiger partial charge on any atom is -0.310 e. The summed E-state index contributed by atoms with van der Waals surface area (Å²) in [7, 11) is 0. The van der Waals surface area contributed by atoms with Crippen molar-refractivity contribution in [1.82, 2.24) is 5.32 Å². The monoisotopic (exact) mass is 349 g/mol. The predicted octanol–water partition coefficient (Wildman–Crippen LogP) is 5.10. The molecule has 2 rings (SSSR count). The topological polar surface area (TPSA) is 12.0 Å². The number of halogens is 2. The summed E-state index contributed by atoms with van der Waals surface area (Å²) in [6.07, 6.45) is 0.846. The second-order valence-corrected chi connectivity index (χ2v) is 6.22. The lowest BCUT2D eigenvalue weighted by Crippen LogP contribution is -2.24. The number of nitrogens with one attached hydrogen (secondary N) is 1. The van der Waals surface area contributed by atoms with Crippen LogP contribution < -0.4 is 5.32 Å². The molecule has 0 heterocycles. The molecule has 0 radical (unpaired) electrons. The molecule has 0 spiro atoms. The average Bonchev–Trinajstić information content (AvgIpc) is 2.43. The van der Waals surface area contributed by atoms with Crippen molar-refractivity contribution in [1.29, 1.82) is 0 Å². The molecule has 0 aliphatic rings. The molecule has 0 saturated heterocycles. The number of rotatable bonds is 5. The van der Waals surface area contributed by atoms with Gasteiger partial charge in [0.25, 0.3) is 0 Å². The molecule has 0 bridgehead atoms. The zero-order chi connectivity index (χ0) is 15.4. The van der Waals surface area contributed by atoms with Gasteiger partial charge in [0.05, 0.1) is 4.47 Å². The van der Waals surface area contributed by atoms with Gasteiger partial charge < -0.3 is 5.32 Å². The second-order valence-electron chi connectivity index (χ2n) is 5.37. The molecule has 1 unspecified atom stereocenters. The Morgan fingerprint density at radius 2 is 1.81 bits per heavy atom. The summed E-state index contributed by atoms with van der Waals surface area (Å²) in [6.45, 7) is 7.31. The number of hydrogen-bond donors (Lipinski definition) is 1. The van der Waals surface area contributed by atoms with Crippen molar-refractivity contribution in [3.63, 3.8) is 0 Å². The van der Waals surface area contributed by atoms with E-state index in [9.17, 15) is 4.39 Å². The Kier molecular flexibility index (Phi) is 5.54. The number of benzene rings is 2. The Labute approximate surface area is 134 Å². The lowest BCUT2D eigenvalue weighted by Gasteiger charge is -2.23. The molecule has 0 aromatic heterocycles. The van der Waals surface area contributed by atoms with Crippen LogP contribution in [-0.2, 0) is 6.42 Å². The molecule has 0 fully saturated rings. The molecule has 1 nitrogen and oxygen atoms in total. The van der Waals surface area contributed by atoms with Crippen molar-refractivity contribution < 1.29 is 4.39 Å². The van der Waals surface area contributed by atoms with Gasteiger partial charge in [-0.25, -0.2) is 4.39 Å². The number of hydrogen-bond acceptors (Lipinski definition) is 1. The molecule has 2 aromatic rings. The van der Waals surface area contributed by atoms with Crippen molar-refractivity contribution in [2.24, 2.45) is 0 Å². The highest BCUT2D eigenvalue weighted by Crippen LogP contribution is 2.26. The van der Waals surface area contributed by atoms with Gasteiger partial charge in [0.15, 0.2) is 0 Å². The van der Waals surface area contributed by atoms with Crippen molar-refractivity contribution in [2.75, 3.05) is 6.54 Å². The Hall–Kier alpha value is -1.19. The van der Waals surface area contributed by atoms with E-state index in [0.29, 0.717) is 4.47 Å². The van der Waals surface area contributed by atoms with E-state index in [0.717, 1.165) is 18.5 Å². The van der Waals surface area contributed by atoms with Crippen LogP contribution in [0.4, 0.5) is 4.39 Å². The SMILES string of the molecule is CCNC(Cc1ccc(F)c(Br)c1)c1c(C)cccc1C. The summed E-state index contributed by atoms with van der Waals surface area (Å²) in [5.74, 6) is -0.217. The van der Waals surface area contributed by atoms with E-state index in [4.69, 9.17) is 0 Å². The smallest absolute Gasteiger partial charge is 0.137 e. The quantitative estimate of drug-likeness (QED) is 0.791. The Morgan fingerprint density at radius 1 is 1.14 bits per heavy atom. The Morgan fingerprint density at radius 3 is 2.38 bits per heavy atom. The molecule has 2 aromatic carbocycles. The van der Waals surface area contributed by atoms with Crippen molar-refractivity contribution >= 4 is 15.9 Å². The van der Waals surface area contributed by atoms with Gasteiger partial charge in [0.2, 0.25) is 0 Å². The highest BCUT2D eigenvalue weighted by atomic mass is 79.9. The van der Waals surface area contributed by atoms with Crippen molar-refractivity contribution in [3.8, 4) is 0 Å². The van der Waals surface area contributed by atoms with Crippen LogP contribution in [0.5, 0.6) is 0 Å². The highest BCUT2D eigenvalue weighted by Gasteiger charge is 2.16. The van der Waals surface area contributed by atoms with Gasteiger partial charge >= 0.3 is 0 Å². The third kappa shape index (κ3) is 3.92. The van der Waals surface area contributed by atoms with E-state index in [2.05, 4.69) is 60.2 Å². The second kappa shape index (κ2) is 7.19. The fourth-order valence-electron chi connectivity index (χ4n) is 2.80. The molecular weight excluding hydrogens is 329 g/mol. The van der Waals surface area contributed by atoms with E-state index >= 15 is 0 Å².